The van der Waals surface area contributed by atoms with E-state index in [2.05, 4.69) is 6.58 Å². The van der Waals surface area contributed by atoms with Crippen LogP contribution >= 0.6 is 0 Å². The number of amides is 1. The molecule has 0 bridgehead atoms. The second kappa shape index (κ2) is 7.53. The molecule has 14 heavy (non-hydrogen) atoms. The first-order valence-corrected chi connectivity index (χ1v) is 4.93. The second-order valence-electron chi connectivity index (χ2n) is 3.18. The Morgan fingerprint density at radius 3 is 2.71 bits per heavy atom. The van der Waals surface area contributed by atoms with Crippen molar-refractivity contribution in [3.63, 3.8) is 0 Å². The van der Waals surface area contributed by atoms with Gasteiger partial charge >= 0.3 is 0 Å². The molecule has 0 aromatic heterocycles. The monoisotopic (exact) mass is 200 g/mol. The number of hydrogen-bond donors (Lipinski definition) is 2. The van der Waals surface area contributed by atoms with Crippen LogP contribution in [0.5, 0.6) is 0 Å². The van der Waals surface area contributed by atoms with Gasteiger partial charge in [-0.1, -0.05) is 13.0 Å². The van der Waals surface area contributed by atoms with E-state index in [4.69, 9.17) is 10.8 Å². The fourth-order valence-corrected chi connectivity index (χ4v) is 1.24. The highest BCUT2D eigenvalue weighted by Gasteiger charge is 2.18. The molecule has 0 fully saturated rings. The van der Waals surface area contributed by atoms with Crippen molar-refractivity contribution < 1.29 is 9.90 Å². The number of carbonyl (C=O) groups excluding carboxylic acids is 1. The average molecular weight is 200 g/mol. The number of aliphatic hydroxyl groups excluding tert-OH is 1. The molecule has 0 aliphatic carbocycles. The maximum Gasteiger partial charge on any atom is 0.239 e. The molecule has 0 saturated heterocycles. The van der Waals surface area contributed by atoms with Crippen molar-refractivity contribution in [1.82, 2.24) is 4.90 Å². The Morgan fingerprint density at radius 1 is 1.64 bits per heavy atom. The molecule has 0 heterocycles. The average Bonchev–Trinajstić information content (AvgIpc) is 2.17. The van der Waals surface area contributed by atoms with E-state index in [1.165, 1.54) is 0 Å². The minimum absolute atomic E-state index is 0.0213. The Labute approximate surface area is 85.4 Å². The highest BCUT2D eigenvalue weighted by molar-refractivity contribution is 5.81. The largest absolute Gasteiger partial charge is 0.395 e. The maximum atomic E-state index is 11.7. The Hall–Kier alpha value is -0.870. The second-order valence-corrected chi connectivity index (χ2v) is 3.18. The molecule has 3 N–H and O–H groups in total. The first kappa shape index (κ1) is 13.1. The summed E-state index contributed by atoms with van der Waals surface area (Å²) in [6, 6.07) is -0.523. The summed E-state index contributed by atoms with van der Waals surface area (Å²) in [6.07, 6.45) is 2.97. The van der Waals surface area contributed by atoms with Crippen molar-refractivity contribution in [2.24, 2.45) is 5.73 Å². The summed E-state index contributed by atoms with van der Waals surface area (Å²) in [7, 11) is 0. The molecule has 1 unspecified atom stereocenters. The van der Waals surface area contributed by atoms with Crippen LogP contribution in [0, 0.1) is 0 Å². The molecule has 1 atom stereocenters. The van der Waals surface area contributed by atoms with E-state index in [1.807, 2.05) is 6.92 Å². The van der Waals surface area contributed by atoms with Gasteiger partial charge in [0.15, 0.2) is 0 Å². The predicted octanol–water partition coefficient (Wildman–Crippen LogP) is 0.121. The smallest absolute Gasteiger partial charge is 0.239 e. The molecular weight excluding hydrogens is 180 g/mol. The van der Waals surface area contributed by atoms with Crippen LogP contribution in [0.3, 0.4) is 0 Å². The summed E-state index contributed by atoms with van der Waals surface area (Å²) < 4.78 is 0. The maximum absolute atomic E-state index is 11.7. The van der Waals surface area contributed by atoms with Crippen LogP contribution in [0.4, 0.5) is 0 Å². The van der Waals surface area contributed by atoms with Gasteiger partial charge < -0.3 is 15.7 Å². The zero-order valence-electron chi connectivity index (χ0n) is 8.78. The van der Waals surface area contributed by atoms with Crippen LogP contribution in [0.2, 0.25) is 0 Å². The van der Waals surface area contributed by atoms with Crippen molar-refractivity contribution in [1.29, 1.82) is 0 Å². The number of aliphatic hydroxyl groups is 1. The van der Waals surface area contributed by atoms with Gasteiger partial charge in [-0.05, 0) is 12.8 Å². The zero-order valence-corrected chi connectivity index (χ0v) is 8.78. The molecule has 0 rings (SSSR count). The van der Waals surface area contributed by atoms with Gasteiger partial charge in [0.2, 0.25) is 5.91 Å². The quantitative estimate of drug-likeness (QED) is 0.574. The minimum atomic E-state index is -0.523. The highest BCUT2D eigenvalue weighted by atomic mass is 16.3. The molecule has 0 aliphatic rings. The van der Waals surface area contributed by atoms with Crippen LogP contribution in [0.25, 0.3) is 0 Å². The van der Waals surface area contributed by atoms with Gasteiger partial charge in [-0.3, -0.25) is 4.79 Å². The summed E-state index contributed by atoms with van der Waals surface area (Å²) in [6.45, 7) is 6.50. The summed E-state index contributed by atoms with van der Waals surface area (Å²) in [5.74, 6) is -0.110. The zero-order chi connectivity index (χ0) is 11.0. The molecule has 4 nitrogen and oxygen atoms in total. The van der Waals surface area contributed by atoms with Crippen molar-refractivity contribution in [2.45, 2.75) is 25.8 Å². The fraction of sp³-hybridized carbons (Fsp3) is 0.700. The van der Waals surface area contributed by atoms with Crippen LogP contribution in [0.15, 0.2) is 12.7 Å². The van der Waals surface area contributed by atoms with E-state index in [1.54, 1.807) is 11.0 Å². The van der Waals surface area contributed by atoms with Crippen molar-refractivity contribution in [2.75, 3.05) is 19.7 Å². The van der Waals surface area contributed by atoms with Crippen molar-refractivity contribution in [3.05, 3.63) is 12.7 Å². The van der Waals surface area contributed by atoms with Crippen LogP contribution in [-0.2, 0) is 4.79 Å². The molecule has 0 aromatic rings. The van der Waals surface area contributed by atoms with E-state index in [9.17, 15) is 4.79 Å². The summed E-state index contributed by atoms with van der Waals surface area (Å²) in [4.78, 5) is 13.2. The van der Waals surface area contributed by atoms with Crippen LogP contribution in [-0.4, -0.2) is 41.7 Å². The third kappa shape index (κ3) is 4.39. The molecular formula is C10H20N2O2. The van der Waals surface area contributed by atoms with E-state index in [-0.39, 0.29) is 12.5 Å². The number of hydrogen-bond acceptors (Lipinski definition) is 3. The number of nitrogens with two attached hydrogens (primary N) is 1. The molecule has 1 amide bonds. The van der Waals surface area contributed by atoms with Gasteiger partial charge in [0.05, 0.1) is 12.6 Å². The molecule has 4 heteroatoms. The predicted molar refractivity (Wildman–Crippen MR) is 56.7 cm³/mol. The molecule has 0 aromatic carbocycles. The highest BCUT2D eigenvalue weighted by Crippen LogP contribution is 1.99. The Bertz CT molecular complexity index is 177. The number of rotatable bonds is 7. The van der Waals surface area contributed by atoms with Gasteiger partial charge in [0.1, 0.15) is 0 Å². The minimum Gasteiger partial charge on any atom is -0.395 e. The van der Waals surface area contributed by atoms with Gasteiger partial charge in [0.25, 0.3) is 0 Å². The molecule has 0 spiro atoms. The SMILES string of the molecule is C=CCC(N)C(=O)N(CCC)CCO. The Morgan fingerprint density at radius 2 is 2.29 bits per heavy atom. The van der Waals surface area contributed by atoms with Gasteiger partial charge in [-0.25, -0.2) is 0 Å². The third-order valence-electron chi connectivity index (χ3n) is 1.91. The summed E-state index contributed by atoms with van der Waals surface area (Å²) >= 11 is 0. The lowest BCUT2D eigenvalue weighted by atomic mass is 10.2. The Balaban J connectivity index is 4.18. The Kier molecular flexibility index (Phi) is 7.06. The standard InChI is InChI=1S/C10H20N2O2/c1-3-5-9(11)10(14)12(6-4-2)7-8-13/h3,9,13H,1,4-8,11H2,2H3. The summed E-state index contributed by atoms with van der Waals surface area (Å²) in [5.41, 5.74) is 5.65. The topological polar surface area (TPSA) is 66.6 Å². The molecule has 0 saturated carbocycles. The van der Waals surface area contributed by atoms with Crippen molar-refractivity contribution in [3.8, 4) is 0 Å². The van der Waals surface area contributed by atoms with E-state index in [0.717, 1.165) is 6.42 Å². The van der Waals surface area contributed by atoms with Crippen LogP contribution < -0.4 is 5.73 Å². The van der Waals surface area contributed by atoms with Crippen molar-refractivity contribution >= 4 is 5.91 Å². The normalized spacial score (nSPS) is 12.2. The fourth-order valence-electron chi connectivity index (χ4n) is 1.24. The van der Waals surface area contributed by atoms with E-state index < -0.39 is 6.04 Å². The lowest BCUT2D eigenvalue weighted by Gasteiger charge is -2.23. The van der Waals surface area contributed by atoms with Gasteiger partial charge in [-0.15, -0.1) is 6.58 Å². The van der Waals surface area contributed by atoms with E-state index >= 15 is 0 Å². The van der Waals surface area contributed by atoms with Gasteiger partial charge in [-0.2, -0.15) is 0 Å². The van der Waals surface area contributed by atoms with Crippen LogP contribution in [0.1, 0.15) is 19.8 Å². The first-order chi connectivity index (χ1) is 6.67. The van der Waals surface area contributed by atoms with Gasteiger partial charge in [0, 0.05) is 13.1 Å². The molecule has 82 valence electrons. The summed E-state index contributed by atoms with van der Waals surface area (Å²) in [5, 5.41) is 8.77. The lowest BCUT2D eigenvalue weighted by Crippen LogP contribution is -2.45. The van der Waals surface area contributed by atoms with E-state index in [0.29, 0.717) is 19.5 Å². The first-order valence-electron chi connectivity index (χ1n) is 4.93. The number of carbonyl (C=O) groups is 1. The third-order valence-corrected chi connectivity index (χ3v) is 1.91. The molecule has 0 radical (unpaired) electrons. The molecule has 0 aliphatic heterocycles. The lowest BCUT2D eigenvalue weighted by molar-refractivity contribution is -0.133. The number of nitrogens with zero attached hydrogens (tertiary/aromatic N) is 1.